The van der Waals surface area contributed by atoms with Crippen LogP contribution in [0.2, 0.25) is 0 Å². The molecule has 0 radical (unpaired) electrons. The molecule has 0 spiro atoms. The number of fused-ring (bicyclic) bond motifs is 4. The zero-order chi connectivity index (χ0) is 31.1. The Morgan fingerprint density at radius 3 is 2.44 bits per heavy atom. The predicted octanol–water partition coefficient (Wildman–Crippen LogP) is 6.14. The molecule has 0 bridgehead atoms. The minimum absolute atomic E-state index is 0.0555. The van der Waals surface area contributed by atoms with Crippen LogP contribution < -0.4 is 4.90 Å². The number of nitrogens with zero attached hydrogens (tertiary/aromatic N) is 2. The fraction of sp³-hybridized carbons (Fsp3) is 0.216. The second kappa shape index (κ2) is 9.82. The summed E-state index contributed by atoms with van der Waals surface area (Å²) in [5.74, 6) is -3.06. The highest BCUT2D eigenvalue weighted by Crippen LogP contribution is 2.56. The van der Waals surface area contributed by atoms with Crippen molar-refractivity contribution in [2.45, 2.75) is 32.6 Å². The molecule has 0 saturated carbocycles. The number of para-hydroxylation sites is 3. The molecule has 222 valence electrons. The maximum absolute atomic E-state index is 14.2. The Kier molecular flexibility index (Phi) is 5.94. The van der Waals surface area contributed by atoms with Crippen LogP contribution in [-0.2, 0) is 19.2 Å². The monoisotopic (exact) mass is 596 g/mol. The number of carbonyl (C=O) groups is 4. The molecular formula is C37H28N2O6. The molecule has 4 aromatic rings. The summed E-state index contributed by atoms with van der Waals surface area (Å²) in [5, 5.41) is 11.2. The lowest BCUT2D eigenvalue weighted by Gasteiger charge is -2.42. The van der Waals surface area contributed by atoms with Crippen molar-refractivity contribution in [2.24, 2.45) is 17.8 Å². The minimum Gasteiger partial charge on any atom is -0.507 e. The van der Waals surface area contributed by atoms with Gasteiger partial charge in [0.25, 0.3) is 0 Å². The molecule has 45 heavy (non-hydrogen) atoms. The van der Waals surface area contributed by atoms with Gasteiger partial charge >= 0.3 is 0 Å². The smallest absolute Gasteiger partial charge is 0.238 e. The van der Waals surface area contributed by atoms with Gasteiger partial charge in [-0.25, -0.2) is 4.98 Å². The first-order chi connectivity index (χ1) is 21.7. The zero-order valence-corrected chi connectivity index (χ0v) is 24.6. The van der Waals surface area contributed by atoms with Gasteiger partial charge in [-0.2, -0.15) is 0 Å². The minimum atomic E-state index is -0.701. The van der Waals surface area contributed by atoms with Crippen molar-refractivity contribution in [1.82, 2.24) is 4.98 Å². The topological polar surface area (TPSA) is 118 Å². The average molecular weight is 597 g/mol. The number of oxazole rings is 1. The highest BCUT2D eigenvalue weighted by Gasteiger charge is 2.56. The van der Waals surface area contributed by atoms with Crippen LogP contribution in [0.5, 0.6) is 5.75 Å². The molecule has 4 atom stereocenters. The van der Waals surface area contributed by atoms with E-state index in [1.54, 1.807) is 50.2 Å². The standard InChI is InChI=1S/C37H28N2O6/c1-18-6-5-7-23(33(18)41)30-22-14-15-24-31(25(22)17-26-28(40)16-19(2)34(42)32(26)30)37(44)39(36(24)43)21-12-10-20(11-13-21)35-38-27-8-3-4-9-29(27)45-35/h3-14,16,24-25,30-31,41H,15,17H2,1-2H3/t24-,25+,30+,31-/m0/s1. The number of aryl methyl sites for hydroxylation is 1. The zero-order valence-electron chi connectivity index (χ0n) is 24.6. The number of rotatable bonds is 3. The third-order valence-corrected chi connectivity index (χ3v) is 9.81. The number of hydrogen-bond donors (Lipinski definition) is 1. The van der Waals surface area contributed by atoms with Gasteiger partial charge in [-0.1, -0.05) is 42.0 Å². The maximum atomic E-state index is 14.2. The van der Waals surface area contributed by atoms with E-state index >= 15 is 0 Å². The lowest BCUT2D eigenvalue weighted by Crippen LogP contribution is -2.39. The summed E-state index contributed by atoms with van der Waals surface area (Å²) in [6.07, 6.45) is 3.82. The lowest BCUT2D eigenvalue weighted by atomic mass is 9.59. The van der Waals surface area contributed by atoms with Crippen LogP contribution in [-0.4, -0.2) is 33.5 Å². The fourth-order valence-corrected chi connectivity index (χ4v) is 7.63. The number of aromatic nitrogens is 1. The van der Waals surface area contributed by atoms with Gasteiger partial charge in [-0.3, -0.25) is 24.1 Å². The molecule has 1 aromatic heterocycles. The van der Waals surface area contributed by atoms with E-state index in [1.165, 1.54) is 11.0 Å². The van der Waals surface area contributed by atoms with Crippen LogP contribution in [0.3, 0.4) is 0 Å². The van der Waals surface area contributed by atoms with E-state index in [0.29, 0.717) is 57.0 Å². The van der Waals surface area contributed by atoms with Crippen molar-refractivity contribution in [3.8, 4) is 17.2 Å². The summed E-state index contributed by atoms with van der Waals surface area (Å²) in [6, 6.07) is 19.8. The summed E-state index contributed by atoms with van der Waals surface area (Å²) in [7, 11) is 0. The first-order valence-corrected chi connectivity index (χ1v) is 15.1. The van der Waals surface area contributed by atoms with Gasteiger partial charge in [0, 0.05) is 33.8 Å². The molecule has 8 rings (SSSR count). The van der Waals surface area contributed by atoms with E-state index in [0.717, 1.165) is 11.1 Å². The van der Waals surface area contributed by atoms with E-state index in [9.17, 15) is 24.3 Å². The lowest BCUT2D eigenvalue weighted by molar-refractivity contribution is -0.123. The van der Waals surface area contributed by atoms with Crippen molar-refractivity contribution in [3.63, 3.8) is 0 Å². The number of phenolic OH excluding ortho intramolecular Hbond substituents is 1. The molecule has 2 amide bonds. The van der Waals surface area contributed by atoms with Crippen molar-refractivity contribution in [2.75, 3.05) is 4.90 Å². The van der Waals surface area contributed by atoms with Crippen LogP contribution in [0.4, 0.5) is 5.69 Å². The Bertz CT molecular complexity index is 2060. The van der Waals surface area contributed by atoms with Crippen molar-refractivity contribution < 1.29 is 28.7 Å². The molecule has 8 heteroatoms. The second-order valence-electron chi connectivity index (χ2n) is 12.3. The molecule has 1 saturated heterocycles. The van der Waals surface area contributed by atoms with Gasteiger partial charge in [0.1, 0.15) is 11.3 Å². The highest BCUT2D eigenvalue weighted by molar-refractivity contribution is 6.25. The molecule has 8 nitrogen and oxygen atoms in total. The molecule has 1 N–H and O–H groups in total. The van der Waals surface area contributed by atoms with Crippen LogP contribution in [0.25, 0.3) is 22.6 Å². The molecule has 0 unspecified atom stereocenters. The van der Waals surface area contributed by atoms with E-state index in [2.05, 4.69) is 4.98 Å². The van der Waals surface area contributed by atoms with E-state index in [4.69, 9.17) is 4.42 Å². The van der Waals surface area contributed by atoms with E-state index in [1.807, 2.05) is 36.4 Å². The first kappa shape index (κ1) is 27.2. The summed E-state index contributed by atoms with van der Waals surface area (Å²) in [6.45, 7) is 3.41. The number of phenols is 1. The van der Waals surface area contributed by atoms with E-state index < -0.39 is 23.7 Å². The Labute approximate surface area is 258 Å². The summed E-state index contributed by atoms with van der Waals surface area (Å²) in [5.41, 5.74) is 5.62. The normalized spacial score (nSPS) is 24.4. The van der Waals surface area contributed by atoms with Gasteiger partial charge in [0.2, 0.25) is 17.7 Å². The Balaban J connectivity index is 1.17. The molecule has 3 aliphatic carbocycles. The van der Waals surface area contributed by atoms with Crippen molar-refractivity contribution in [1.29, 1.82) is 0 Å². The highest BCUT2D eigenvalue weighted by atomic mass is 16.3. The Morgan fingerprint density at radius 1 is 0.889 bits per heavy atom. The molecule has 1 fully saturated rings. The molecule has 3 aromatic carbocycles. The number of allylic oxidation sites excluding steroid dienone is 6. The van der Waals surface area contributed by atoms with Crippen molar-refractivity contribution in [3.05, 3.63) is 112 Å². The van der Waals surface area contributed by atoms with Gasteiger partial charge < -0.3 is 9.52 Å². The largest absolute Gasteiger partial charge is 0.507 e. The number of carbonyl (C=O) groups excluding carboxylic acids is 4. The van der Waals surface area contributed by atoms with Crippen LogP contribution in [0.1, 0.15) is 36.8 Å². The SMILES string of the molecule is CC1=CC(=O)C2=C(C1=O)[C@@H](c1cccc(C)c1O)C1=CC[C@@H]3C(=O)N(c4ccc(-c5nc6ccccc6o5)cc4)C(=O)[C@@H]3[C@@H]1C2. The first-order valence-electron chi connectivity index (χ1n) is 15.1. The molecular weight excluding hydrogens is 568 g/mol. The van der Waals surface area contributed by atoms with Crippen LogP contribution in [0.15, 0.2) is 106 Å². The molecule has 1 aliphatic heterocycles. The number of anilines is 1. The number of Topliss-reactive ketones (excluding diaryl/α,β-unsaturated/α-hetero) is 1. The maximum Gasteiger partial charge on any atom is 0.238 e. The van der Waals surface area contributed by atoms with Gasteiger partial charge in [0.15, 0.2) is 17.1 Å². The van der Waals surface area contributed by atoms with Crippen LogP contribution in [0, 0.1) is 24.7 Å². The molecule has 2 heterocycles. The quantitative estimate of drug-likeness (QED) is 0.171. The van der Waals surface area contributed by atoms with Crippen molar-refractivity contribution >= 4 is 40.2 Å². The third-order valence-electron chi connectivity index (χ3n) is 9.81. The Hall–Kier alpha value is -5.37. The number of benzene rings is 3. The molecule has 4 aliphatic rings. The van der Waals surface area contributed by atoms with Crippen LogP contribution >= 0.6 is 0 Å². The third kappa shape index (κ3) is 3.94. The van der Waals surface area contributed by atoms with Gasteiger partial charge in [-0.05, 0) is 80.6 Å². The summed E-state index contributed by atoms with van der Waals surface area (Å²) in [4.78, 5) is 60.8. The van der Waals surface area contributed by atoms with Gasteiger partial charge in [-0.15, -0.1) is 0 Å². The number of ketones is 2. The average Bonchev–Trinajstić information content (AvgIpc) is 3.59. The van der Waals surface area contributed by atoms with E-state index in [-0.39, 0.29) is 35.6 Å². The number of hydrogen-bond acceptors (Lipinski definition) is 7. The summed E-state index contributed by atoms with van der Waals surface area (Å²) < 4.78 is 5.88. The number of amides is 2. The van der Waals surface area contributed by atoms with Gasteiger partial charge in [0.05, 0.1) is 17.5 Å². The fourth-order valence-electron chi connectivity index (χ4n) is 7.63. The number of imide groups is 1. The predicted molar refractivity (Wildman–Crippen MR) is 166 cm³/mol. The second-order valence-corrected chi connectivity index (χ2v) is 12.3. The summed E-state index contributed by atoms with van der Waals surface area (Å²) >= 11 is 0. The Morgan fingerprint density at radius 2 is 1.67 bits per heavy atom. The number of aromatic hydroxyl groups is 1.